The summed E-state index contributed by atoms with van der Waals surface area (Å²) in [6, 6.07) is 10.7. The second kappa shape index (κ2) is 24.7. The molecule has 3 saturated heterocycles. The number of allylic oxidation sites excluding steroid dienone is 2. The number of carbonyl (C=O) groups excluding carboxylic acids is 6. The number of ketones is 2. The Hall–Kier alpha value is -5.03. The lowest BCUT2D eigenvalue weighted by molar-refractivity contribution is -0.232. The Bertz CT molecular complexity index is 3680. The summed E-state index contributed by atoms with van der Waals surface area (Å²) in [4.78, 5) is 89.5. The molecule has 0 aromatic heterocycles. The van der Waals surface area contributed by atoms with Crippen LogP contribution in [0.15, 0.2) is 100 Å². The first-order valence-electron chi connectivity index (χ1n) is 34.7. The van der Waals surface area contributed by atoms with Gasteiger partial charge >= 0.3 is 7.12 Å². The minimum atomic E-state index is -1.04. The molecule has 4 amide bonds. The van der Waals surface area contributed by atoms with Gasteiger partial charge in [-0.05, 0) is 113 Å². The molecule has 0 radical (unpaired) electrons. The van der Waals surface area contributed by atoms with Crippen LogP contribution in [0.1, 0.15) is 166 Å². The number of amides is 4. The summed E-state index contributed by atoms with van der Waals surface area (Å²) >= 11 is 0. The molecule has 5 unspecified atom stereocenters. The standard InChI is InChI=1S/C21H20N2O2.C16H24NO3P.C15H17N2O2P.C13H20NO3P.C9H17BO2/c1-20(2)17-11-12-23(15-9-10-15)19(25)21(17,13-16(22-3)18(20)24)14-7-5-4-6-8-14;1-14(2)12-5-8-17(11-3-4-11)13(18)15(12,21)6-7-16(14)19-9-10-20-16;1-14(2)11-6-7-17(9-4-5-9)13(19)15(11,20)8-10(16-3)12(14)18;1-11(2)9-3-6-14-10(15)12(9,18)4-5-13(11)16-7-8-17-13;1-8(2)9(3,4)12-10(11-8)7-5-6-7/h4-8,11,13,15H,9-10,12H2,1-2H3;5,11H,3-4,6-10,21H2,1-2H3;6,8-9H,4-5,7,20H2,1-2H3;3H,4-8,18H2,1-2H3,(H,14,15);7H,5-6H2,1-4H3/t21-;;15-;;/m0.1../s1. The van der Waals surface area contributed by atoms with Gasteiger partial charge in [-0.1, -0.05) is 135 Å². The number of fused-ring (bicyclic) bond motifs is 4. The Balaban J connectivity index is 0.000000116. The lowest BCUT2D eigenvalue weighted by Gasteiger charge is -2.56. The van der Waals surface area contributed by atoms with Crippen LogP contribution >= 0.6 is 27.7 Å². The molecule has 15 aliphatic rings. The summed E-state index contributed by atoms with van der Waals surface area (Å²) in [5.41, 5.74) is 1.41. The van der Waals surface area contributed by atoms with Gasteiger partial charge in [0.25, 0.3) is 0 Å². The molecule has 6 saturated carbocycles. The van der Waals surface area contributed by atoms with Crippen LogP contribution in [-0.2, 0) is 62.4 Å². The van der Waals surface area contributed by atoms with Crippen LogP contribution in [0.5, 0.6) is 0 Å². The van der Waals surface area contributed by atoms with Gasteiger partial charge in [0.15, 0.2) is 23.1 Å². The number of rotatable bonds is 5. The van der Waals surface area contributed by atoms with Crippen LogP contribution in [0.25, 0.3) is 9.69 Å². The van der Waals surface area contributed by atoms with E-state index in [-0.39, 0.29) is 81.8 Å². The number of hydrogen-bond acceptors (Lipinski definition) is 12. The van der Waals surface area contributed by atoms with Gasteiger partial charge in [0, 0.05) is 78.8 Å². The summed E-state index contributed by atoms with van der Waals surface area (Å²) < 4.78 is 35.6. The van der Waals surface area contributed by atoms with Gasteiger partial charge < -0.3 is 57.9 Å². The smallest absolute Gasteiger partial charge is 0.403 e. The zero-order chi connectivity index (χ0) is 69.4. The molecule has 1 aromatic rings. The van der Waals surface area contributed by atoms with E-state index in [2.05, 4.69) is 115 Å². The van der Waals surface area contributed by atoms with Gasteiger partial charge in [0.05, 0.1) is 66.2 Å². The number of nitrogens with one attached hydrogen (secondary N) is 1. The summed E-state index contributed by atoms with van der Waals surface area (Å²) in [6.45, 7) is 44.0. The van der Waals surface area contributed by atoms with Crippen molar-refractivity contribution in [2.24, 2.45) is 21.7 Å². The Morgan fingerprint density at radius 2 is 0.917 bits per heavy atom. The molecule has 0 bridgehead atoms. The van der Waals surface area contributed by atoms with E-state index in [1.807, 2.05) is 66.1 Å². The van der Waals surface area contributed by atoms with Crippen molar-refractivity contribution in [1.82, 2.24) is 20.0 Å². The lowest BCUT2D eigenvalue weighted by Crippen LogP contribution is -2.62. The topological polar surface area (TPSA) is 188 Å². The van der Waals surface area contributed by atoms with E-state index in [0.29, 0.717) is 64.0 Å². The minimum Gasteiger partial charge on any atom is -0.403 e. The van der Waals surface area contributed by atoms with Crippen LogP contribution < -0.4 is 5.32 Å². The molecule has 514 valence electrons. The first-order valence-corrected chi connectivity index (χ1v) is 36.4. The molecule has 16 rings (SSSR count). The van der Waals surface area contributed by atoms with Crippen LogP contribution in [0, 0.1) is 34.8 Å². The first kappa shape index (κ1) is 70.8. The van der Waals surface area contributed by atoms with E-state index in [1.54, 1.807) is 26.0 Å². The van der Waals surface area contributed by atoms with Crippen molar-refractivity contribution in [2.45, 2.75) is 228 Å². The van der Waals surface area contributed by atoms with Crippen molar-refractivity contribution in [3.05, 3.63) is 129 Å². The fraction of sp³-hybridized carbons (Fsp3) is 0.649. The van der Waals surface area contributed by atoms with Crippen molar-refractivity contribution in [3.63, 3.8) is 0 Å². The third kappa shape index (κ3) is 11.5. The number of carbonyl (C=O) groups is 6. The quantitative estimate of drug-likeness (QED) is 0.127. The Morgan fingerprint density at radius 1 is 0.500 bits per heavy atom. The van der Waals surface area contributed by atoms with E-state index in [1.165, 1.54) is 18.4 Å². The van der Waals surface area contributed by atoms with Crippen molar-refractivity contribution < 1.29 is 57.0 Å². The van der Waals surface area contributed by atoms with Gasteiger partial charge in [-0.25, -0.2) is 9.69 Å². The largest absolute Gasteiger partial charge is 0.461 e. The zero-order valence-corrected chi connectivity index (χ0v) is 61.7. The van der Waals surface area contributed by atoms with Gasteiger partial charge in [-0.15, -0.1) is 27.7 Å². The van der Waals surface area contributed by atoms with Crippen molar-refractivity contribution in [3.8, 4) is 0 Å². The minimum absolute atomic E-state index is 0.000394. The molecule has 2 spiro atoms. The molecule has 22 heteroatoms. The summed E-state index contributed by atoms with van der Waals surface area (Å²) in [6.07, 6.45) is 23.7. The number of nitrogens with zero attached hydrogens (tertiary/aromatic N) is 5. The Morgan fingerprint density at radius 3 is 1.39 bits per heavy atom. The fourth-order valence-corrected chi connectivity index (χ4v) is 19.2. The maximum Gasteiger partial charge on any atom is 0.461 e. The average Bonchev–Trinajstić information content (AvgIpc) is 0.831. The summed E-state index contributed by atoms with van der Waals surface area (Å²) in [7, 11) is 8.29. The van der Waals surface area contributed by atoms with Crippen molar-refractivity contribution >= 4 is 70.0 Å². The molecule has 18 nitrogen and oxygen atoms in total. The molecule has 96 heavy (non-hydrogen) atoms. The van der Waals surface area contributed by atoms with E-state index < -0.39 is 43.3 Å². The van der Waals surface area contributed by atoms with Gasteiger partial charge in [0.2, 0.25) is 35.0 Å². The van der Waals surface area contributed by atoms with Gasteiger partial charge in [0.1, 0.15) is 5.41 Å². The highest BCUT2D eigenvalue weighted by atomic mass is 31.0. The second-order valence-corrected chi connectivity index (χ2v) is 34.9. The number of ether oxygens (including phenoxy) is 4. The van der Waals surface area contributed by atoms with Crippen LogP contribution in [0.4, 0.5) is 0 Å². The van der Waals surface area contributed by atoms with E-state index >= 15 is 0 Å². The number of hydrogen-bond donors (Lipinski definition) is 1. The SMILES string of the molecule is CC1(C)C2=CCN(C3CC3)C(=O)C2(P)CCC12OCCO2.CC1(C)C2=CCNC(=O)C2(P)CCC12OCCO2.CC1(C)OB(C2CC2)OC1(C)C.[C-]#[N+]C1=C[C@@]2(c3ccccc3)C(=O)N(C3CC3)CC=C2C(C)(C)C1=O.[C-]#[N+]C1=C[C@]2(P)C(=O)N(C3CC3)CC=C2C(C)(C)C1=O. The molecular weight excluding hydrogens is 1270 g/mol. The second-order valence-electron chi connectivity index (χ2n) is 32.0. The van der Waals surface area contributed by atoms with E-state index in [0.717, 1.165) is 93.0 Å². The fourth-order valence-electron chi connectivity index (χ4n) is 16.9. The van der Waals surface area contributed by atoms with Crippen LogP contribution in [-0.4, -0.2) is 166 Å². The third-order valence-electron chi connectivity index (χ3n) is 24.0. The maximum absolute atomic E-state index is 13.6. The lowest BCUT2D eigenvalue weighted by atomic mass is 9.57. The average molecular weight is 1370 g/mol. The highest BCUT2D eigenvalue weighted by molar-refractivity contribution is 7.22. The highest BCUT2D eigenvalue weighted by Crippen LogP contribution is 2.62. The zero-order valence-electron chi connectivity index (χ0n) is 58.2. The monoisotopic (exact) mass is 1370 g/mol. The van der Waals surface area contributed by atoms with Gasteiger partial charge in [-0.2, -0.15) is 0 Å². The molecule has 8 aliphatic carbocycles. The molecular formula is C74H98BN6O12P3. The van der Waals surface area contributed by atoms with Crippen LogP contribution in [0.2, 0.25) is 5.82 Å². The van der Waals surface area contributed by atoms with E-state index in [9.17, 15) is 28.8 Å². The van der Waals surface area contributed by atoms with E-state index in [4.69, 9.17) is 41.4 Å². The number of Topliss-reactive ketones (excluding diaryl/α,β-unsaturated/α-hetero) is 2. The summed E-state index contributed by atoms with van der Waals surface area (Å²) in [5, 5.41) is 1.06. The molecule has 1 aromatic carbocycles. The Kier molecular flexibility index (Phi) is 18.2. The highest BCUT2D eigenvalue weighted by Gasteiger charge is 2.66. The molecule has 1 N–H and O–H groups in total. The summed E-state index contributed by atoms with van der Waals surface area (Å²) in [5.74, 6) is -0.412. The number of benzene rings is 1. The molecule has 7 aliphatic heterocycles. The normalized spacial score (nSPS) is 33.2. The Labute approximate surface area is 575 Å². The molecule has 7 heterocycles. The maximum atomic E-state index is 13.6. The molecule has 7 atom stereocenters. The first-order chi connectivity index (χ1) is 45.0. The van der Waals surface area contributed by atoms with Crippen LogP contribution in [0.3, 0.4) is 0 Å². The predicted molar refractivity (Wildman–Crippen MR) is 376 cm³/mol. The third-order valence-corrected chi connectivity index (χ3v) is 26.4. The molecule has 9 fully saturated rings. The van der Waals surface area contributed by atoms with Gasteiger partial charge in [-0.3, -0.25) is 19.2 Å². The predicted octanol–water partition coefficient (Wildman–Crippen LogP) is 10.8. The van der Waals surface area contributed by atoms with Crippen molar-refractivity contribution in [1.29, 1.82) is 0 Å². The van der Waals surface area contributed by atoms with Crippen molar-refractivity contribution in [2.75, 3.05) is 52.6 Å².